The van der Waals surface area contributed by atoms with Gasteiger partial charge in [-0.15, -0.1) is 11.8 Å². The Morgan fingerprint density at radius 2 is 2.38 bits per heavy atom. The van der Waals surface area contributed by atoms with Crippen LogP contribution in [0.3, 0.4) is 0 Å². The maximum absolute atomic E-state index is 9.43. The van der Waals surface area contributed by atoms with Crippen molar-refractivity contribution >= 4 is 17.6 Å². The Hall–Kier alpha value is -0.850. The number of methoxy groups -OCH3 is 1. The van der Waals surface area contributed by atoms with Crippen LogP contribution in [0.4, 0.5) is 5.82 Å². The van der Waals surface area contributed by atoms with Crippen molar-refractivity contribution in [3.05, 3.63) is 12.4 Å². The van der Waals surface area contributed by atoms with Crippen molar-refractivity contribution in [2.45, 2.75) is 17.6 Å². The van der Waals surface area contributed by atoms with Crippen LogP contribution in [0, 0.1) is 0 Å². The number of rotatable bonds is 7. The van der Waals surface area contributed by atoms with E-state index in [9.17, 15) is 5.11 Å². The first-order valence-corrected chi connectivity index (χ1v) is 6.25. The first-order valence-electron chi connectivity index (χ1n) is 5.03. The van der Waals surface area contributed by atoms with Crippen molar-refractivity contribution in [2.75, 3.05) is 31.8 Å². The number of aliphatic hydroxyl groups is 1. The predicted octanol–water partition coefficient (Wildman–Crippen LogP) is 1.01. The van der Waals surface area contributed by atoms with Gasteiger partial charge in [-0.3, -0.25) is 0 Å². The van der Waals surface area contributed by atoms with Gasteiger partial charge in [0.2, 0.25) is 0 Å². The third-order valence-corrected chi connectivity index (χ3v) is 2.64. The van der Waals surface area contributed by atoms with Crippen LogP contribution in [0.15, 0.2) is 17.4 Å². The van der Waals surface area contributed by atoms with Crippen LogP contribution in [0.1, 0.15) is 6.42 Å². The van der Waals surface area contributed by atoms with Crippen LogP contribution in [0.5, 0.6) is 0 Å². The summed E-state index contributed by atoms with van der Waals surface area (Å²) >= 11 is 1.57. The van der Waals surface area contributed by atoms with E-state index in [0.29, 0.717) is 19.6 Å². The van der Waals surface area contributed by atoms with Crippen molar-refractivity contribution in [3.8, 4) is 0 Å². The largest absolute Gasteiger partial charge is 0.391 e. The van der Waals surface area contributed by atoms with Gasteiger partial charge in [-0.05, 0) is 12.7 Å². The molecule has 0 fully saturated rings. The number of aliphatic hydroxyl groups excluding tert-OH is 1. The Morgan fingerprint density at radius 1 is 1.56 bits per heavy atom. The molecule has 0 amide bonds. The van der Waals surface area contributed by atoms with Crippen LogP contribution in [-0.2, 0) is 4.74 Å². The summed E-state index contributed by atoms with van der Waals surface area (Å²) in [6.07, 6.45) is 3.69. The van der Waals surface area contributed by atoms with Crippen molar-refractivity contribution in [1.82, 2.24) is 9.97 Å². The summed E-state index contributed by atoms with van der Waals surface area (Å²) in [5.74, 6) is 0.781. The molecule has 90 valence electrons. The van der Waals surface area contributed by atoms with E-state index in [0.717, 1.165) is 10.8 Å². The molecule has 0 aliphatic heterocycles. The third-order valence-electron chi connectivity index (χ3n) is 1.99. The minimum Gasteiger partial charge on any atom is -0.391 e. The molecule has 1 heterocycles. The molecule has 2 N–H and O–H groups in total. The van der Waals surface area contributed by atoms with E-state index in [4.69, 9.17) is 4.74 Å². The van der Waals surface area contributed by atoms with E-state index in [-0.39, 0.29) is 0 Å². The lowest BCUT2D eigenvalue weighted by Gasteiger charge is -2.10. The normalized spacial score (nSPS) is 12.4. The molecule has 0 spiro atoms. The zero-order valence-electron chi connectivity index (χ0n) is 9.51. The molecule has 16 heavy (non-hydrogen) atoms. The number of aromatic nitrogens is 2. The third kappa shape index (κ3) is 4.78. The van der Waals surface area contributed by atoms with Crippen molar-refractivity contribution in [3.63, 3.8) is 0 Å². The second-order valence-corrected chi connectivity index (χ2v) is 4.10. The molecule has 1 rings (SSSR count). The smallest absolute Gasteiger partial charge is 0.130 e. The van der Waals surface area contributed by atoms with E-state index in [1.165, 1.54) is 6.33 Å². The molecule has 0 aliphatic carbocycles. The highest BCUT2D eigenvalue weighted by molar-refractivity contribution is 7.98. The van der Waals surface area contributed by atoms with E-state index in [1.807, 2.05) is 12.3 Å². The molecule has 0 radical (unpaired) electrons. The fraction of sp³-hybridized carbons (Fsp3) is 0.600. The van der Waals surface area contributed by atoms with E-state index >= 15 is 0 Å². The number of anilines is 1. The minimum absolute atomic E-state index is 0.363. The maximum Gasteiger partial charge on any atom is 0.130 e. The topological polar surface area (TPSA) is 67.3 Å². The molecule has 0 bridgehead atoms. The van der Waals surface area contributed by atoms with Gasteiger partial charge in [-0.25, -0.2) is 9.97 Å². The standard InChI is InChI=1S/C10H17N3O2S/c1-15-6-8(14)3-4-11-9-5-10(16-2)13-7-12-9/h5,7-8,14H,3-4,6H2,1-2H3,(H,11,12,13). The number of thioether (sulfide) groups is 1. The average Bonchev–Trinajstić information content (AvgIpc) is 2.30. The van der Waals surface area contributed by atoms with E-state index < -0.39 is 6.10 Å². The highest BCUT2D eigenvalue weighted by Gasteiger charge is 2.03. The second-order valence-electron chi connectivity index (χ2n) is 3.27. The van der Waals surface area contributed by atoms with Gasteiger partial charge in [0.1, 0.15) is 17.2 Å². The lowest BCUT2D eigenvalue weighted by Crippen LogP contribution is -2.18. The molecule has 0 aromatic carbocycles. The molecular weight excluding hydrogens is 226 g/mol. The fourth-order valence-corrected chi connectivity index (χ4v) is 1.57. The van der Waals surface area contributed by atoms with Crippen molar-refractivity contribution in [2.24, 2.45) is 0 Å². The van der Waals surface area contributed by atoms with Crippen molar-refractivity contribution < 1.29 is 9.84 Å². The second kappa shape index (κ2) is 7.43. The molecular formula is C10H17N3O2S. The lowest BCUT2D eigenvalue weighted by atomic mass is 10.2. The van der Waals surface area contributed by atoms with Gasteiger partial charge in [0.25, 0.3) is 0 Å². The first kappa shape index (κ1) is 13.2. The number of hydrogen-bond donors (Lipinski definition) is 2. The monoisotopic (exact) mass is 243 g/mol. The Balaban J connectivity index is 2.31. The molecule has 1 aromatic heterocycles. The molecule has 5 nitrogen and oxygen atoms in total. The average molecular weight is 243 g/mol. The van der Waals surface area contributed by atoms with Gasteiger partial charge >= 0.3 is 0 Å². The highest BCUT2D eigenvalue weighted by Crippen LogP contribution is 2.13. The van der Waals surface area contributed by atoms with E-state index in [1.54, 1.807) is 18.9 Å². The van der Waals surface area contributed by atoms with Gasteiger partial charge in [0.15, 0.2) is 0 Å². The number of nitrogens with zero attached hydrogens (tertiary/aromatic N) is 2. The zero-order chi connectivity index (χ0) is 11.8. The Bertz CT molecular complexity index is 312. The molecule has 1 atom stereocenters. The number of ether oxygens (including phenoxy) is 1. The van der Waals surface area contributed by atoms with Gasteiger partial charge in [-0.1, -0.05) is 0 Å². The summed E-state index contributed by atoms with van der Waals surface area (Å²) in [6, 6.07) is 1.88. The molecule has 0 saturated carbocycles. The zero-order valence-corrected chi connectivity index (χ0v) is 10.3. The molecule has 6 heteroatoms. The summed E-state index contributed by atoms with van der Waals surface area (Å²) in [6.45, 7) is 1.02. The summed E-state index contributed by atoms with van der Waals surface area (Å²) in [7, 11) is 1.58. The SMILES string of the molecule is COCC(O)CCNc1cc(SC)ncn1. The Morgan fingerprint density at radius 3 is 3.06 bits per heavy atom. The van der Waals surface area contributed by atoms with Gasteiger partial charge in [0.05, 0.1) is 12.7 Å². The van der Waals surface area contributed by atoms with Gasteiger partial charge in [-0.2, -0.15) is 0 Å². The summed E-state index contributed by atoms with van der Waals surface area (Å²) in [5, 5.41) is 13.5. The summed E-state index contributed by atoms with van der Waals surface area (Å²) in [4.78, 5) is 8.15. The van der Waals surface area contributed by atoms with Gasteiger partial charge < -0.3 is 15.2 Å². The predicted molar refractivity (Wildman–Crippen MR) is 64.8 cm³/mol. The number of hydrogen-bond acceptors (Lipinski definition) is 6. The summed E-state index contributed by atoms with van der Waals surface area (Å²) < 4.78 is 4.84. The molecule has 0 saturated heterocycles. The van der Waals surface area contributed by atoms with Crippen molar-refractivity contribution in [1.29, 1.82) is 0 Å². The summed E-state index contributed by atoms with van der Waals surface area (Å²) in [5.41, 5.74) is 0. The first-order chi connectivity index (χ1) is 7.76. The van der Waals surface area contributed by atoms with Crippen LogP contribution in [-0.4, -0.2) is 47.7 Å². The van der Waals surface area contributed by atoms with Crippen LogP contribution in [0.25, 0.3) is 0 Å². The van der Waals surface area contributed by atoms with Crippen LogP contribution >= 0.6 is 11.8 Å². The fourth-order valence-electron chi connectivity index (χ4n) is 1.19. The van der Waals surface area contributed by atoms with Gasteiger partial charge in [0, 0.05) is 19.7 Å². The Kier molecular flexibility index (Phi) is 6.14. The lowest BCUT2D eigenvalue weighted by molar-refractivity contribution is 0.0615. The molecule has 1 aromatic rings. The minimum atomic E-state index is -0.431. The van der Waals surface area contributed by atoms with Crippen LogP contribution in [0.2, 0.25) is 0 Å². The molecule has 0 aliphatic rings. The Labute approximate surface area is 99.6 Å². The highest BCUT2D eigenvalue weighted by atomic mass is 32.2. The molecule has 1 unspecified atom stereocenters. The quantitative estimate of drug-likeness (QED) is 0.550. The van der Waals surface area contributed by atoms with Crippen LogP contribution < -0.4 is 5.32 Å². The maximum atomic E-state index is 9.43. The van der Waals surface area contributed by atoms with E-state index in [2.05, 4.69) is 15.3 Å². The number of nitrogens with one attached hydrogen (secondary N) is 1.